The lowest BCUT2D eigenvalue weighted by atomic mass is 10.2. The van der Waals surface area contributed by atoms with Gasteiger partial charge in [-0.25, -0.2) is 4.98 Å². The lowest BCUT2D eigenvalue weighted by Crippen LogP contribution is -2.26. The maximum Gasteiger partial charge on any atom is 0.270 e. The van der Waals surface area contributed by atoms with Gasteiger partial charge in [0.2, 0.25) is 0 Å². The normalized spacial score (nSPS) is 10.7. The number of nitrogens with zero attached hydrogens (tertiary/aromatic N) is 3. The lowest BCUT2D eigenvalue weighted by Gasteiger charge is -2.19. The summed E-state index contributed by atoms with van der Waals surface area (Å²) >= 11 is 0. The van der Waals surface area contributed by atoms with E-state index in [-0.39, 0.29) is 11.1 Å². The number of aryl methyl sites for hydroxylation is 1. The van der Waals surface area contributed by atoms with Crippen LogP contribution in [0.3, 0.4) is 0 Å². The number of fused-ring (bicyclic) bond motifs is 1. The van der Waals surface area contributed by atoms with E-state index in [1.165, 1.54) is 16.2 Å². The SMILES string of the molecule is Cc1ccc2ncc(C(=O)Nc3ccc(N(C)Cc4ccccc4)cc3)c(=O)n2c1. The molecule has 6 heteroatoms. The first-order chi connectivity index (χ1) is 14.5. The van der Waals surface area contributed by atoms with E-state index in [1.807, 2.05) is 62.5 Å². The van der Waals surface area contributed by atoms with Crippen molar-refractivity contribution in [3.63, 3.8) is 0 Å². The zero-order valence-corrected chi connectivity index (χ0v) is 16.9. The Morgan fingerprint density at radius 1 is 1.03 bits per heavy atom. The van der Waals surface area contributed by atoms with Crippen LogP contribution in [0.25, 0.3) is 5.65 Å². The molecule has 0 aliphatic rings. The summed E-state index contributed by atoms with van der Waals surface area (Å²) in [7, 11) is 2.02. The fraction of sp³-hybridized carbons (Fsp3) is 0.125. The molecule has 2 heterocycles. The van der Waals surface area contributed by atoms with Crippen molar-refractivity contribution in [2.24, 2.45) is 0 Å². The van der Waals surface area contributed by atoms with Crippen LogP contribution < -0.4 is 15.8 Å². The van der Waals surface area contributed by atoms with E-state index in [1.54, 1.807) is 12.3 Å². The van der Waals surface area contributed by atoms with Gasteiger partial charge < -0.3 is 10.2 Å². The first-order valence-corrected chi connectivity index (χ1v) is 9.66. The highest BCUT2D eigenvalue weighted by Crippen LogP contribution is 2.19. The van der Waals surface area contributed by atoms with Gasteiger partial charge in [-0.05, 0) is 48.4 Å². The van der Waals surface area contributed by atoms with Crippen molar-refractivity contribution in [1.82, 2.24) is 9.38 Å². The molecule has 2 aromatic heterocycles. The van der Waals surface area contributed by atoms with Crippen molar-refractivity contribution in [3.8, 4) is 0 Å². The summed E-state index contributed by atoms with van der Waals surface area (Å²) in [4.78, 5) is 31.7. The Morgan fingerprint density at radius 3 is 2.50 bits per heavy atom. The third-order valence-electron chi connectivity index (χ3n) is 4.92. The molecule has 4 aromatic rings. The van der Waals surface area contributed by atoms with Crippen molar-refractivity contribution in [2.45, 2.75) is 13.5 Å². The van der Waals surface area contributed by atoms with Gasteiger partial charge in [0.25, 0.3) is 11.5 Å². The Bertz CT molecular complexity index is 1250. The molecule has 0 bridgehead atoms. The first kappa shape index (κ1) is 19.4. The van der Waals surface area contributed by atoms with Crippen LogP contribution in [0, 0.1) is 6.92 Å². The molecular formula is C24H22N4O2. The summed E-state index contributed by atoms with van der Waals surface area (Å²) in [6.07, 6.45) is 3.00. The number of nitrogens with one attached hydrogen (secondary N) is 1. The highest BCUT2D eigenvalue weighted by molar-refractivity contribution is 6.04. The summed E-state index contributed by atoms with van der Waals surface area (Å²) in [5.41, 5.74) is 3.90. The molecule has 0 fully saturated rings. The van der Waals surface area contributed by atoms with E-state index in [9.17, 15) is 9.59 Å². The van der Waals surface area contributed by atoms with E-state index in [0.717, 1.165) is 17.8 Å². The van der Waals surface area contributed by atoms with Crippen molar-refractivity contribution < 1.29 is 4.79 Å². The minimum absolute atomic E-state index is 0.00312. The molecule has 2 aromatic carbocycles. The minimum atomic E-state index is -0.478. The van der Waals surface area contributed by atoms with E-state index in [4.69, 9.17) is 0 Å². The molecule has 30 heavy (non-hydrogen) atoms. The number of amides is 1. The molecule has 6 nitrogen and oxygen atoms in total. The van der Waals surface area contributed by atoms with E-state index in [2.05, 4.69) is 27.3 Å². The second-order valence-corrected chi connectivity index (χ2v) is 7.25. The fourth-order valence-corrected chi connectivity index (χ4v) is 3.28. The first-order valence-electron chi connectivity index (χ1n) is 9.66. The molecule has 150 valence electrons. The lowest BCUT2D eigenvalue weighted by molar-refractivity contribution is 0.102. The Balaban J connectivity index is 1.49. The fourth-order valence-electron chi connectivity index (χ4n) is 3.28. The van der Waals surface area contributed by atoms with E-state index >= 15 is 0 Å². The minimum Gasteiger partial charge on any atom is -0.370 e. The van der Waals surface area contributed by atoms with Crippen molar-refractivity contribution in [2.75, 3.05) is 17.3 Å². The van der Waals surface area contributed by atoms with Crippen LogP contribution in [0.1, 0.15) is 21.5 Å². The monoisotopic (exact) mass is 398 g/mol. The van der Waals surface area contributed by atoms with Crippen LogP contribution >= 0.6 is 0 Å². The molecule has 4 rings (SSSR count). The highest BCUT2D eigenvalue weighted by atomic mass is 16.2. The zero-order chi connectivity index (χ0) is 21.1. The predicted molar refractivity (Wildman–Crippen MR) is 119 cm³/mol. The number of hydrogen-bond donors (Lipinski definition) is 1. The molecule has 0 saturated carbocycles. The van der Waals surface area contributed by atoms with Crippen LogP contribution in [0.15, 0.2) is 83.9 Å². The molecular weight excluding hydrogens is 376 g/mol. The average molecular weight is 398 g/mol. The van der Waals surface area contributed by atoms with Crippen LogP contribution in [-0.4, -0.2) is 22.3 Å². The van der Waals surface area contributed by atoms with Crippen molar-refractivity contribution >= 4 is 22.9 Å². The molecule has 1 amide bonds. The molecule has 0 spiro atoms. The van der Waals surface area contributed by atoms with Gasteiger partial charge in [-0.1, -0.05) is 36.4 Å². The van der Waals surface area contributed by atoms with Crippen LogP contribution in [0.5, 0.6) is 0 Å². The number of rotatable bonds is 5. The number of benzene rings is 2. The quantitative estimate of drug-likeness (QED) is 0.554. The molecule has 0 saturated heterocycles. The van der Waals surface area contributed by atoms with Gasteiger partial charge in [0.05, 0.1) is 0 Å². The van der Waals surface area contributed by atoms with Crippen LogP contribution in [-0.2, 0) is 6.54 Å². The smallest absolute Gasteiger partial charge is 0.270 e. The maximum absolute atomic E-state index is 12.7. The third kappa shape index (κ3) is 4.07. The van der Waals surface area contributed by atoms with Crippen molar-refractivity contribution in [3.05, 3.63) is 106 Å². The standard InChI is InChI=1S/C24H22N4O2/c1-17-8-13-22-25-14-21(24(30)28(22)15-17)23(29)26-19-9-11-20(12-10-19)27(2)16-18-6-4-3-5-7-18/h3-15H,16H2,1-2H3,(H,26,29). The Kier molecular flexibility index (Phi) is 5.30. The number of pyridine rings is 1. The Morgan fingerprint density at radius 2 is 1.77 bits per heavy atom. The molecule has 0 aliphatic carbocycles. The number of carbonyl (C=O) groups excluding carboxylic acids is 1. The summed E-state index contributed by atoms with van der Waals surface area (Å²) < 4.78 is 1.39. The molecule has 1 N–H and O–H groups in total. The predicted octanol–water partition coefficient (Wildman–Crippen LogP) is 3.89. The summed E-state index contributed by atoms with van der Waals surface area (Å²) in [5.74, 6) is -0.478. The second kappa shape index (κ2) is 8.21. The number of hydrogen-bond acceptors (Lipinski definition) is 4. The Labute approximate surface area is 174 Å². The number of carbonyl (C=O) groups is 1. The third-order valence-corrected chi connectivity index (χ3v) is 4.92. The summed E-state index contributed by atoms with van der Waals surface area (Å²) in [5, 5.41) is 2.78. The number of anilines is 2. The average Bonchev–Trinajstić information content (AvgIpc) is 2.75. The number of aromatic nitrogens is 2. The molecule has 0 atom stereocenters. The van der Waals surface area contributed by atoms with Gasteiger partial charge in [0.15, 0.2) is 0 Å². The molecule has 0 unspecified atom stereocenters. The Hall–Kier alpha value is -3.93. The highest BCUT2D eigenvalue weighted by Gasteiger charge is 2.14. The zero-order valence-electron chi connectivity index (χ0n) is 16.9. The van der Waals surface area contributed by atoms with Crippen LogP contribution in [0.2, 0.25) is 0 Å². The van der Waals surface area contributed by atoms with Gasteiger partial charge >= 0.3 is 0 Å². The summed E-state index contributed by atoms with van der Waals surface area (Å²) in [6, 6.07) is 21.4. The van der Waals surface area contributed by atoms with Gasteiger partial charge in [0.1, 0.15) is 11.2 Å². The van der Waals surface area contributed by atoms with E-state index < -0.39 is 5.91 Å². The largest absolute Gasteiger partial charge is 0.370 e. The molecule has 0 aliphatic heterocycles. The van der Waals surface area contributed by atoms with Gasteiger partial charge in [0, 0.05) is 37.4 Å². The molecule has 0 radical (unpaired) electrons. The van der Waals surface area contributed by atoms with Crippen molar-refractivity contribution in [1.29, 1.82) is 0 Å². The second-order valence-electron chi connectivity index (χ2n) is 7.25. The maximum atomic E-state index is 12.7. The van der Waals surface area contributed by atoms with E-state index in [0.29, 0.717) is 11.3 Å². The summed E-state index contributed by atoms with van der Waals surface area (Å²) in [6.45, 7) is 2.67. The van der Waals surface area contributed by atoms with Gasteiger partial charge in [-0.2, -0.15) is 0 Å². The topological polar surface area (TPSA) is 66.7 Å². The van der Waals surface area contributed by atoms with Gasteiger partial charge in [-0.3, -0.25) is 14.0 Å². The van der Waals surface area contributed by atoms with Crippen LogP contribution in [0.4, 0.5) is 11.4 Å². The van der Waals surface area contributed by atoms with Gasteiger partial charge in [-0.15, -0.1) is 0 Å².